The van der Waals surface area contributed by atoms with Crippen LogP contribution in [0.3, 0.4) is 0 Å². The van der Waals surface area contributed by atoms with Gasteiger partial charge in [-0.2, -0.15) is 13.2 Å². The van der Waals surface area contributed by atoms with Crippen molar-refractivity contribution >= 4 is 17.4 Å². The van der Waals surface area contributed by atoms with Crippen LogP contribution in [0.4, 0.5) is 29.3 Å². The maximum Gasteiger partial charge on any atom is 0.418 e. The number of piperazine rings is 1. The molecule has 0 saturated carbocycles. The summed E-state index contributed by atoms with van der Waals surface area (Å²) in [5, 5.41) is 2.82. The lowest BCUT2D eigenvalue weighted by Gasteiger charge is -2.37. The lowest BCUT2D eigenvalue weighted by Crippen LogP contribution is -2.50. The standard InChI is InChI=1S/C20H22F3N3O2/c1-2-28-18-10-6-4-8-16(18)24-19(27)26-13-11-25(12-14-26)17-9-5-3-7-15(17)20(21,22)23/h3-10H,2,11-14H2,1H3,(H,24,27). The van der Waals surface area contributed by atoms with Gasteiger partial charge in [-0.1, -0.05) is 24.3 Å². The molecule has 1 aliphatic rings. The van der Waals surface area contributed by atoms with Gasteiger partial charge in [0.2, 0.25) is 0 Å². The number of anilines is 2. The van der Waals surface area contributed by atoms with Crippen molar-refractivity contribution in [1.29, 1.82) is 0 Å². The zero-order valence-corrected chi connectivity index (χ0v) is 15.5. The maximum absolute atomic E-state index is 13.2. The number of rotatable bonds is 4. The van der Waals surface area contributed by atoms with Gasteiger partial charge in [0.15, 0.2) is 0 Å². The minimum atomic E-state index is -4.41. The fourth-order valence-corrected chi connectivity index (χ4v) is 3.19. The van der Waals surface area contributed by atoms with Gasteiger partial charge < -0.3 is 19.9 Å². The molecule has 0 atom stereocenters. The predicted octanol–water partition coefficient (Wildman–Crippen LogP) is 4.46. The highest BCUT2D eigenvalue weighted by Crippen LogP contribution is 2.36. The number of halogens is 3. The van der Waals surface area contributed by atoms with E-state index in [4.69, 9.17) is 4.74 Å². The van der Waals surface area contributed by atoms with Crippen molar-refractivity contribution in [3.05, 3.63) is 54.1 Å². The SMILES string of the molecule is CCOc1ccccc1NC(=O)N1CCN(c2ccccc2C(F)(F)F)CC1. The Kier molecular flexibility index (Phi) is 5.96. The lowest BCUT2D eigenvalue weighted by molar-refractivity contribution is -0.137. The van der Waals surface area contributed by atoms with Crippen LogP contribution < -0.4 is 15.0 Å². The number of carbonyl (C=O) groups excluding carboxylic acids is 1. The fraction of sp³-hybridized carbons (Fsp3) is 0.350. The van der Waals surface area contributed by atoms with Gasteiger partial charge in [0.25, 0.3) is 0 Å². The van der Waals surface area contributed by atoms with E-state index in [1.807, 2.05) is 13.0 Å². The molecule has 1 heterocycles. The van der Waals surface area contributed by atoms with E-state index < -0.39 is 11.7 Å². The Hall–Kier alpha value is -2.90. The summed E-state index contributed by atoms with van der Waals surface area (Å²) < 4.78 is 45.2. The number of benzene rings is 2. The number of nitrogens with one attached hydrogen (secondary N) is 1. The first-order valence-electron chi connectivity index (χ1n) is 9.09. The van der Waals surface area contributed by atoms with E-state index in [0.29, 0.717) is 44.2 Å². The number of nitrogens with zero attached hydrogens (tertiary/aromatic N) is 2. The van der Waals surface area contributed by atoms with Crippen molar-refractivity contribution in [1.82, 2.24) is 4.90 Å². The molecule has 1 saturated heterocycles. The summed E-state index contributed by atoms with van der Waals surface area (Å²) in [4.78, 5) is 15.8. The summed E-state index contributed by atoms with van der Waals surface area (Å²) in [7, 11) is 0. The van der Waals surface area contributed by atoms with Crippen molar-refractivity contribution in [3.8, 4) is 5.75 Å². The van der Waals surface area contributed by atoms with Crippen LogP contribution in [0.5, 0.6) is 5.75 Å². The molecule has 2 amide bonds. The highest BCUT2D eigenvalue weighted by Gasteiger charge is 2.35. The molecule has 0 aliphatic carbocycles. The highest BCUT2D eigenvalue weighted by atomic mass is 19.4. The molecule has 5 nitrogen and oxygen atoms in total. The van der Waals surface area contributed by atoms with E-state index in [1.165, 1.54) is 12.1 Å². The van der Waals surface area contributed by atoms with Gasteiger partial charge in [0, 0.05) is 31.9 Å². The molecule has 1 fully saturated rings. The van der Waals surface area contributed by atoms with Crippen LogP contribution in [0.1, 0.15) is 12.5 Å². The molecule has 0 aromatic heterocycles. The van der Waals surface area contributed by atoms with Crippen molar-refractivity contribution in [2.24, 2.45) is 0 Å². The molecule has 0 spiro atoms. The number of hydrogen-bond donors (Lipinski definition) is 1. The van der Waals surface area contributed by atoms with Gasteiger partial charge in [0.1, 0.15) is 5.75 Å². The normalized spacial score (nSPS) is 14.7. The molecule has 0 radical (unpaired) electrons. The number of alkyl halides is 3. The van der Waals surface area contributed by atoms with Crippen LogP contribution in [0.15, 0.2) is 48.5 Å². The van der Waals surface area contributed by atoms with E-state index in [2.05, 4.69) is 5.32 Å². The minimum Gasteiger partial charge on any atom is -0.492 e. The zero-order valence-electron chi connectivity index (χ0n) is 15.5. The van der Waals surface area contributed by atoms with Gasteiger partial charge in [-0.3, -0.25) is 0 Å². The summed E-state index contributed by atoms with van der Waals surface area (Å²) in [5.41, 5.74) is 0.0643. The summed E-state index contributed by atoms with van der Waals surface area (Å²) in [5.74, 6) is 0.580. The average molecular weight is 393 g/mol. The van der Waals surface area contributed by atoms with Crippen molar-refractivity contribution in [2.75, 3.05) is 43.0 Å². The molecule has 0 bridgehead atoms. The zero-order chi connectivity index (χ0) is 20.1. The molecule has 1 aliphatic heterocycles. The Morgan fingerprint density at radius 2 is 1.68 bits per heavy atom. The Balaban J connectivity index is 1.64. The number of amides is 2. The summed E-state index contributed by atoms with van der Waals surface area (Å²) in [6.45, 7) is 3.64. The lowest BCUT2D eigenvalue weighted by atomic mass is 10.1. The first kappa shape index (κ1) is 19.9. The molecule has 150 valence electrons. The predicted molar refractivity (Wildman–Crippen MR) is 102 cm³/mol. The van der Waals surface area contributed by atoms with Crippen LogP contribution in [0.2, 0.25) is 0 Å². The molecular formula is C20H22F3N3O2. The second kappa shape index (κ2) is 8.41. The van der Waals surface area contributed by atoms with Crippen molar-refractivity contribution in [3.63, 3.8) is 0 Å². The van der Waals surface area contributed by atoms with Crippen molar-refractivity contribution in [2.45, 2.75) is 13.1 Å². The molecule has 0 unspecified atom stereocenters. The maximum atomic E-state index is 13.2. The third-order valence-electron chi connectivity index (χ3n) is 4.55. The first-order valence-corrected chi connectivity index (χ1v) is 9.09. The van der Waals surface area contributed by atoms with Crippen LogP contribution in [-0.2, 0) is 6.18 Å². The summed E-state index contributed by atoms with van der Waals surface area (Å²) in [6, 6.07) is 12.4. The molecule has 8 heteroatoms. The number of ether oxygens (including phenoxy) is 1. The molecule has 2 aromatic rings. The minimum absolute atomic E-state index is 0.150. The van der Waals surface area contributed by atoms with Crippen LogP contribution in [0.25, 0.3) is 0 Å². The van der Waals surface area contributed by atoms with Gasteiger partial charge in [-0.25, -0.2) is 4.79 Å². The Morgan fingerprint density at radius 3 is 2.36 bits per heavy atom. The molecule has 28 heavy (non-hydrogen) atoms. The van der Waals surface area contributed by atoms with E-state index in [9.17, 15) is 18.0 Å². The van der Waals surface area contributed by atoms with E-state index >= 15 is 0 Å². The van der Waals surface area contributed by atoms with E-state index in [0.717, 1.165) is 6.07 Å². The van der Waals surface area contributed by atoms with Gasteiger partial charge in [0.05, 0.1) is 17.9 Å². The Morgan fingerprint density at radius 1 is 1.04 bits per heavy atom. The Bertz CT molecular complexity index is 818. The monoisotopic (exact) mass is 393 g/mol. The smallest absolute Gasteiger partial charge is 0.418 e. The number of hydrogen-bond acceptors (Lipinski definition) is 3. The second-order valence-electron chi connectivity index (χ2n) is 6.35. The number of para-hydroxylation sites is 3. The van der Waals surface area contributed by atoms with Crippen LogP contribution >= 0.6 is 0 Å². The van der Waals surface area contributed by atoms with E-state index in [1.54, 1.807) is 34.1 Å². The third-order valence-corrected chi connectivity index (χ3v) is 4.55. The summed E-state index contributed by atoms with van der Waals surface area (Å²) in [6.07, 6.45) is -4.41. The quantitative estimate of drug-likeness (QED) is 0.834. The number of carbonyl (C=O) groups is 1. The van der Waals surface area contributed by atoms with E-state index in [-0.39, 0.29) is 11.7 Å². The average Bonchev–Trinajstić information content (AvgIpc) is 2.69. The summed E-state index contributed by atoms with van der Waals surface area (Å²) >= 11 is 0. The van der Waals surface area contributed by atoms with Crippen LogP contribution in [-0.4, -0.2) is 43.7 Å². The molecule has 1 N–H and O–H groups in total. The molecular weight excluding hydrogens is 371 g/mol. The number of urea groups is 1. The topological polar surface area (TPSA) is 44.8 Å². The van der Waals surface area contributed by atoms with Gasteiger partial charge in [-0.05, 0) is 31.2 Å². The third kappa shape index (κ3) is 4.49. The van der Waals surface area contributed by atoms with Crippen molar-refractivity contribution < 1.29 is 22.7 Å². The fourth-order valence-electron chi connectivity index (χ4n) is 3.19. The van der Waals surface area contributed by atoms with Crippen LogP contribution in [0, 0.1) is 0 Å². The largest absolute Gasteiger partial charge is 0.492 e. The highest BCUT2D eigenvalue weighted by molar-refractivity contribution is 5.91. The Labute approximate surface area is 161 Å². The van der Waals surface area contributed by atoms with Gasteiger partial charge >= 0.3 is 12.2 Å². The molecule has 3 rings (SSSR count). The van der Waals surface area contributed by atoms with Gasteiger partial charge in [-0.15, -0.1) is 0 Å². The second-order valence-corrected chi connectivity index (χ2v) is 6.35. The molecule has 2 aromatic carbocycles. The first-order chi connectivity index (χ1) is 13.4.